The minimum Gasteiger partial charge on any atom is -0.441 e. The summed E-state index contributed by atoms with van der Waals surface area (Å²) in [6.45, 7) is 2.43. The van der Waals surface area contributed by atoms with Crippen LogP contribution in [-0.2, 0) is 11.2 Å². The predicted octanol–water partition coefficient (Wildman–Crippen LogP) is 3.92. The van der Waals surface area contributed by atoms with Gasteiger partial charge in [-0.1, -0.05) is 12.1 Å². The fraction of sp³-hybridized carbons (Fsp3) is 0.478. The van der Waals surface area contributed by atoms with Gasteiger partial charge in [0.1, 0.15) is 18.3 Å². The minimum atomic E-state index is -0.254. The lowest BCUT2D eigenvalue weighted by Crippen LogP contribution is -2.31. The number of benzene rings is 1. The third-order valence-electron chi connectivity index (χ3n) is 6.43. The number of carbonyl (C=O) groups excluding carboxylic acids is 1. The molecule has 5 rings (SSSR count). The largest absolute Gasteiger partial charge is 0.441 e. The van der Waals surface area contributed by atoms with Crippen LogP contribution in [0.3, 0.4) is 0 Å². The second-order valence-electron chi connectivity index (χ2n) is 8.46. The van der Waals surface area contributed by atoms with Crippen molar-refractivity contribution in [1.29, 1.82) is 0 Å². The Kier molecular flexibility index (Phi) is 5.06. The van der Waals surface area contributed by atoms with Gasteiger partial charge in [-0.05, 0) is 31.7 Å². The summed E-state index contributed by atoms with van der Waals surface area (Å²) in [7, 11) is 0. The van der Waals surface area contributed by atoms with Crippen LogP contribution in [0, 0.1) is 12.8 Å². The summed E-state index contributed by atoms with van der Waals surface area (Å²) in [6.07, 6.45) is 7.44. The predicted molar refractivity (Wildman–Crippen MR) is 111 cm³/mol. The topological polar surface area (TPSA) is 71.9 Å². The van der Waals surface area contributed by atoms with Gasteiger partial charge in [0.25, 0.3) is 0 Å². The Hall–Kier alpha value is -2.67. The van der Waals surface area contributed by atoms with Gasteiger partial charge >= 0.3 is 0 Å². The van der Waals surface area contributed by atoms with Crippen molar-refractivity contribution in [3.63, 3.8) is 0 Å². The molecule has 30 heavy (non-hydrogen) atoms. The summed E-state index contributed by atoms with van der Waals surface area (Å²) >= 11 is 0. The Balaban J connectivity index is 1.25. The van der Waals surface area contributed by atoms with Crippen LogP contribution in [0.2, 0.25) is 0 Å². The monoisotopic (exact) mass is 408 g/mol. The van der Waals surface area contributed by atoms with E-state index in [9.17, 15) is 9.18 Å². The molecule has 1 aromatic carbocycles. The number of aryl methyl sites for hydroxylation is 1. The zero-order chi connectivity index (χ0) is 20.7. The molecule has 2 aliphatic rings. The van der Waals surface area contributed by atoms with Gasteiger partial charge in [0.05, 0.1) is 24.2 Å². The average molecular weight is 408 g/mol. The van der Waals surface area contributed by atoms with E-state index in [0.717, 1.165) is 48.7 Å². The van der Waals surface area contributed by atoms with Crippen molar-refractivity contribution in [2.45, 2.75) is 51.1 Å². The van der Waals surface area contributed by atoms with Crippen LogP contribution < -0.4 is 0 Å². The van der Waals surface area contributed by atoms with E-state index in [1.165, 1.54) is 0 Å². The summed E-state index contributed by atoms with van der Waals surface area (Å²) in [4.78, 5) is 28.3. The van der Waals surface area contributed by atoms with Gasteiger partial charge in [-0.25, -0.2) is 19.3 Å². The van der Waals surface area contributed by atoms with Crippen molar-refractivity contribution >= 4 is 16.7 Å². The normalized spacial score (nSPS) is 26.1. The van der Waals surface area contributed by atoms with Crippen LogP contribution in [0.1, 0.15) is 37.4 Å². The molecule has 1 aliphatic carbocycles. The Morgan fingerprint density at radius 2 is 2.03 bits per heavy atom. The van der Waals surface area contributed by atoms with Gasteiger partial charge in [-0.15, -0.1) is 0 Å². The molecule has 0 bridgehead atoms. The summed E-state index contributed by atoms with van der Waals surface area (Å²) in [5.41, 5.74) is 1.70. The van der Waals surface area contributed by atoms with Crippen molar-refractivity contribution < 1.29 is 13.6 Å². The highest BCUT2D eigenvalue weighted by Gasteiger charge is 2.41. The van der Waals surface area contributed by atoms with Crippen molar-refractivity contribution in [3.8, 4) is 11.3 Å². The van der Waals surface area contributed by atoms with Crippen molar-refractivity contribution in [3.05, 3.63) is 42.3 Å². The Morgan fingerprint density at radius 3 is 2.73 bits per heavy atom. The molecule has 1 saturated carbocycles. The number of fused-ring (bicyclic) bond motifs is 1. The van der Waals surface area contributed by atoms with E-state index in [1.807, 2.05) is 25.1 Å². The molecule has 0 radical (unpaired) electrons. The number of alkyl halides is 1. The van der Waals surface area contributed by atoms with E-state index in [2.05, 4.69) is 19.9 Å². The van der Waals surface area contributed by atoms with Gasteiger partial charge < -0.3 is 4.42 Å². The maximum absolute atomic E-state index is 12.8. The molecular formula is C23H25FN4O2. The molecule has 0 spiro atoms. The summed E-state index contributed by atoms with van der Waals surface area (Å²) < 4.78 is 18.3. The van der Waals surface area contributed by atoms with E-state index < -0.39 is 0 Å². The van der Waals surface area contributed by atoms with E-state index in [4.69, 9.17) is 4.42 Å². The lowest BCUT2D eigenvalue weighted by molar-refractivity contribution is -0.123. The molecule has 3 aromatic rings. The first kappa shape index (κ1) is 19.3. The molecule has 0 N–H and O–H groups in total. The number of halogens is 1. The smallest absolute Gasteiger partial charge is 0.191 e. The fourth-order valence-electron chi connectivity index (χ4n) is 4.61. The van der Waals surface area contributed by atoms with Gasteiger partial charge in [-0.2, -0.15) is 0 Å². The molecule has 2 unspecified atom stereocenters. The van der Waals surface area contributed by atoms with E-state index in [-0.39, 0.29) is 30.8 Å². The molecule has 7 heteroatoms. The van der Waals surface area contributed by atoms with Crippen LogP contribution >= 0.6 is 0 Å². The highest BCUT2D eigenvalue weighted by Crippen LogP contribution is 2.34. The first-order chi connectivity index (χ1) is 14.6. The first-order valence-electron chi connectivity index (χ1n) is 10.6. The molecule has 2 atom stereocenters. The second kappa shape index (κ2) is 7.87. The zero-order valence-corrected chi connectivity index (χ0v) is 17.1. The van der Waals surface area contributed by atoms with Crippen LogP contribution in [0.5, 0.6) is 0 Å². The van der Waals surface area contributed by atoms with Gasteiger partial charge in [0.15, 0.2) is 11.7 Å². The van der Waals surface area contributed by atoms with Crippen LogP contribution in [0.25, 0.3) is 22.2 Å². The molecular weight excluding hydrogens is 383 g/mol. The minimum absolute atomic E-state index is 0.0628. The maximum atomic E-state index is 12.8. The van der Waals surface area contributed by atoms with Gasteiger partial charge in [-0.3, -0.25) is 9.69 Å². The van der Waals surface area contributed by atoms with Crippen molar-refractivity contribution in [2.24, 2.45) is 5.92 Å². The first-order valence-corrected chi connectivity index (χ1v) is 10.6. The molecule has 2 aromatic heterocycles. The quantitative estimate of drug-likeness (QED) is 0.576. The number of nitrogens with zero attached hydrogens (tertiary/aromatic N) is 4. The SMILES string of the molecule is Cc1ncc(-c2ccc3cnc(CC(=O)C4CCC(N5CC5CF)CC4)nc3c2)o1. The zero-order valence-electron chi connectivity index (χ0n) is 17.1. The molecule has 1 saturated heterocycles. The third kappa shape index (κ3) is 3.86. The second-order valence-corrected chi connectivity index (χ2v) is 8.46. The molecule has 1 aliphatic heterocycles. The average Bonchev–Trinajstić information content (AvgIpc) is 3.44. The van der Waals surface area contributed by atoms with Crippen LogP contribution in [0.15, 0.2) is 35.0 Å². The third-order valence-corrected chi connectivity index (χ3v) is 6.43. The number of carbonyl (C=O) groups is 1. The highest BCUT2D eigenvalue weighted by atomic mass is 19.1. The number of ketones is 1. The lowest BCUT2D eigenvalue weighted by atomic mass is 9.82. The Bertz CT molecular complexity index is 1070. The van der Waals surface area contributed by atoms with Crippen LogP contribution in [-0.4, -0.2) is 50.9 Å². The number of hydrogen-bond acceptors (Lipinski definition) is 6. The summed E-state index contributed by atoms with van der Waals surface area (Å²) in [5, 5.41) is 0.924. The molecule has 2 fully saturated rings. The van der Waals surface area contributed by atoms with Gasteiger partial charge in [0.2, 0.25) is 0 Å². The lowest BCUT2D eigenvalue weighted by Gasteiger charge is -2.28. The number of aromatic nitrogens is 3. The van der Waals surface area contributed by atoms with E-state index in [1.54, 1.807) is 12.4 Å². The molecule has 6 nitrogen and oxygen atoms in total. The van der Waals surface area contributed by atoms with Crippen molar-refractivity contribution in [2.75, 3.05) is 13.2 Å². The fourth-order valence-corrected chi connectivity index (χ4v) is 4.61. The number of rotatable bonds is 6. The van der Waals surface area contributed by atoms with E-state index in [0.29, 0.717) is 23.5 Å². The Morgan fingerprint density at radius 1 is 1.20 bits per heavy atom. The highest BCUT2D eigenvalue weighted by molar-refractivity contribution is 5.85. The summed E-state index contributed by atoms with van der Waals surface area (Å²) in [6, 6.07) is 6.43. The summed E-state index contributed by atoms with van der Waals surface area (Å²) in [5.74, 6) is 2.15. The standard InChI is InChI=1S/C23H25FN4O2/c1-14-25-12-22(30-14)16-2-3-17-11-26-23(27-20(17)8-16)9-21(29)15-4-6-18(7-5-15)28-13-19(28)10-24/h2-3,8,11-12,15,18-19H,4-7,9-10,13H2,1H3. The number of Topliss-reactive ketones (excluding diaryl/α,β-unsaturated/α-hetero) is 1. The number of hydrogen-bond donors (Lipinski definition) is 0. The van der Waals surface area contributed by atoms with Crippen LogP contribution in [0.4, 0.5) is 4.39 Å². The molecule has 3 heterocycles. The van der Waals surface area contributed by atoms with Gasteiger partial charge in [0, 0.05) is 42.6 Å². The molecule has 0 amide bonds. The Labute approximate surface area is 174 Å². The van der Waals surface area contributed by atoms with Crippen molar-refractivity contribution in [1.82, 2.24) is 19.9 Å². The maximum Gasteiger partial charge on any atom is 0.191 e. The molecule has 156 valence electrons. The number of oxazole rings is 1. The van der Waals surface area contributed by atoms with E-state index >= 15 is 0 Å².